The lowest BCUT2D eigenvalue weighted by Gasteiger charge is -2.39. The first-order chi connectivity index (χ1) is 15.1. The molecule has 1 saturated heterocycles. The van der Waals surface area contributed by atoms with E-state index >= 15 is 0 Å². The van der Waals surface area contributed by atoms with Crippen LogP contribution < -0.4 is 15.0 Å². The zero-order valence-electron chi connectivity index (χ0n) is 18.3. The van der Waals surface area contributed by atoms with Gasteiger partial charge in [-0.15, -0.1) is 0 Å². The average Bonchev–Trinajstić information content (AvgIpc) is 2.82. The van der Waals surface area contributed by atoms with Crippen molar-refractivity contribution in [3.63, 3.8) is 0 Å². The number of fused-ring (bicyclic) bond motifs is 1. The van der Waals surface area contributed by atoms with Crippen molar-refractivity contribution in [2.24, 2.45) is 5.92 Å². The number of urea groups is 1. The first-order valence-electron chi connectivity index (χ1n) is 11.2. The molecule has 2 aliphatic heterocycles. The Morgan fingerprint density at radius 1 is 1.06 bits per heavy atom. The van der Waals surface area contributed by atoms with Gasteiger partial charge in [0.1, 0.15) is 11.9 Å². The summed E-state index contributed by atoms with van der Waals surface area (Å²) in [5, 5.41) is 3.07. The van der Waals surface area contributed by atoms with E-state index in [1.807, 2.05) is 52.3 Å². The van der Waals surface area contributed by atoms with Gasteiger partial charge in [-0.25, -0.2) is 4.79 Å². The van der Waals surface area contributed by atoms with Gasteiger partial charge in [0.2, 0.25) is 5.91 Å². The Morgan fingerprint density at radius 3 is 2.52 bits per heavy atom. The number of hydrogen-bond donors (Lipinski definition) is 1. The Bertz CT molecular complexity index is 937. The molecule has 6 nitrogen and oxygen atoms in total. The molecule has 4 rings (SSSR count). The largest absolute Gasteiger partial charge is 0.486 e. The molecule has 0 unspecified atom stereocenters. The van der Waals surface area contributed by atoms with Crippen LogP contribution in [0.25, 0.3) is 0 Å². The molecule has 1 atom stereocenters. The topological polar surface area (TPSA) is 61.9 Å². The summed E-state index contributed by atoms with van der Waals surface area (Å²) < 4.78 is 6.00. The predicted molar refractivity (Wildman–Crippen MR) is 121 cm³/mol. The number of carbonyl (C=O) groups is 2. The molecule has 2 aromatic rings. The molecule has 164 valence electrons. The first-order valence-corrected chi connectivity index (χ1v) is 11.2. The first kappa shape index (κ1) is 21.2. The van der Waals surface area contributed by atoms with Crippen molar-refractivity contribution in [2.45, 2.75) is 45.8 Å². The van der Waals surface area contributed by atoms with Crippen molar-refractivity contribution in [1.82, 2.24) is 10.2 Å². The molecule has 2 aliphatic rings. The highest BCUT2D eigenvalue weighted by atomic mass is 16.5. The number of nitrogens with one attached hydrogen (secondary N) is 1. The number of piperidine rings is 1. The predicted octanol–water partition coefficient (Wildman–Crippen LogP) is 4.12. The minimum absolute atomic E-state index is 0.00334. The SMILES string of the molecule is CC[C@H]1CN(C(=O)N2CCC(C(=O)NCc3ccccc3C)CC2)c2ccccc2O1. The maximum Gasteiger partial charge on any atom is 0.324 e. The van der Waals surface area contributed by atoms with E-state index in [9.17, 15) is 9.59 Å². The van der Waals surface area contributed by atoms with Gasteiger partial charge in [0.25, 0.3) is 0 Å². The summed E-state index contributed by atoms with van der Waals surface area (Å²) in [6, 6.07) is 15.8. The molecule has 2 heterocycles. The van der Waals surface area contributed by atoms with E-state index in [-0.39, 0.29) is 24.0 Å². The van der Waals surface area contributed by atoms with E-state index < -0.39 is 0 Å². The van der Waals surface area contributed by atoms with Crippen molar-refractivity contribution in [3.05, 3.63) is 59.7 Å². The number of anilines is 1. The van der Waals surface area contributed by atoms with E-state index in [1.165, 1.54) is 5.56 Å². The summed E-state index contributed by atoms with van der Waals surface area (Å²) in [7, 11) is 0. The van der Waals surface area contributed by atoms with E-state index in [4.69, 9.17) is 4.74 Å². The molecule has 0 bridgehead atoms. The standard InChI is InChI=1S/C25H31N3O3/c1-3-21-17-28(22-10-6-7-11-23(22)31-21)25(30)27-14-12-19(13-15-27)24(29)26-16-20-9-5-4-8-18(20)2/h4-11,19,21H,3,12-17H2,1-2H3,(H,26,29)/t21-/m0/s1. The number of rotatable bonds is 4. The highest BCUT2D eigenvalue weighted by Crippen LogP contribution is 2.35. The molecule has 0 saturated carbocycles. The third-order valence-electron chi connectivity index (χ3n) is 6.37. The number of amides is 3. The molecule has 31 heavy (non-hydrogen) atoms. The van der Waals surface area contributed by atoms with Gasteiger partial charge in [-0.05, 0) is 49.4 Å². The lowest BCUT2D eigenvalue weighted by molar-refractivity contribution is -0.126. The summed E-state index contributed by atoms with van der Waals surface area (Å²) in [6.45, 7) is 6.42. The smallest absolute Gasteiger partial charge is 0.324 e. The van der Waals surface area contributed by atoms with Gasteiger partial charge < -0.3 is 15.0 Å². The van der Waals surface area contributed by atoms with Crippen molar-refractivity contribution < 1.29 is 14.3 Å². The van der Waals surface area contributed by atoms with Gasteiger partial charge in [0.05, 0.1) is 12.2 Å². The van der Waals surface area contributed by atoms with E-state index in [0.717, 1.165) is 23.4 Å². The van der Waals surface area contributed by atoms with Crippen molar-refractivity contribution in [1.29, 1.82) is 0 Å². The summed E-state index contributed by atoms with van der Waals surface area (Å²) in [5.41, 5.74) is 3.15. The molecule has 0 radical (unpaired) electrons. The Balaban J connectivity index is 1.34. The molecule has 0 aromatic heterocycles. The van der Waals surface area contributed by atoms with Crippen molar-refractivity contribution in [3.8, 4) is 5.75 Å². The molecule has 1 N–H and O–H groups in total. The fourth-order valence-corrected chi connectivity index (χ4v) is 4.33. The third kappa shape index (κ3) is 4.68. The van der Waals surface area contributed by atoms with Crippen LogP contribution in [0, 0.1) is 12.8 Å². The number of likely N-dealkylation sites (tertiary alicyclic amines) is 1. The number of nitrogens with zero attached hydrogens (tertiary/aromatic N) is 2. The summed E-state index contributed by atoms with van der Waals surface area (Å²) in [5.74, 6) is 0.797. The third-order valence-corrected chi connectivity index (χ3v) is 6.37. The lowest BCUT2D eigenvalue weighted by atomic mass is 9.96. The minimum Gasteiger partial charge on any atom is -0.486 e. The van der Waals surface area contributed by atoms with Gasteiger partial charge in [0, 0.05) is 25.6 Å². The highest BCUT2D eigenvalue weighted by molar-refractivity contribution is 5.94. The van der Waals surface area contributed by atoms with Gasteiger partial charge in [-0.1, -0.05) is 43.3 Å². The van der Waals surface area contributed by atoms with E-state index in [1.54, 1.807) is 0 Å². The molecule has 2 aromatic carbocycles. The van der Waals surface area contributed by atoms with Crippen LogP contribution in [0.15, 0.2) is 48.5 Å². The molecule has 6 heteroatoms. The summed E-state index contributed by atoms with van der Waals surface area (Å²) in [4.78, 5) is 29.7. The Morgan fingerprint density at radius 2 is 1.77 bits per heavy atom. The van der Waals surface area contributed by atoms with Crippen LogP contribution in [-0.2, 0) is 11.3 Å². The van der Waals surface area contributed by atoms with Crippen molar-refractivity contribution >= 4 is 17.6 Å². The van der Waals surface area contributed by atoms with Crippen LogP contribution in [0.4, 0.5) is 10.5 Å². The van der Waals surface area contributed by atoms with Crippen LogP contribution in [-0.4, -0.2) is 42.6 Å². The number of para-hydroxylation sites is 2. The summed E-state index contributed by atoms with van der Waals surface area (Å²) in [6.07, 6.45) is 2.23. The van der Waals surface area contributed by atoms with Crippen LogP contribution in [0.2, 0.25) is 0 Å². The average molecular weight is 422 g/mol. The molecular formula is C25H31N3O3. The van der Waals surface area contributed by atoms with Crippen LogP contribution in [0.5, 0.6) is 5.75 Å². The Hall–Kier alpha value is -3.02. The summed E-state index contributed by atoms with van der Waals surface area (Å²) >= 11 is 0. The normalized spacial score (nSPS) is 18.8. The van der Waals surface area contributed by atoms with E-state index in [0.29, 0.717) is 39.0 Å². The number of aryl methyl sites for hydroxylation is 1. The maximum atomic E-state index is 13.3. The van der Waals surface area contributed by atoms with Crippen molar-refractivity contribution in [2.75, 3.05) is 24.5 Å². The second kappa shape index (κ2) is 9.41. The Labute approximate surface area is 184 Å². The monoisotopic (exact) mass is 421 g/mol. The number of benzene rings is 2. The molecule has 3 amide bonds. The number of ether oxygens (including phenoxy) is 1. The van der Waals surface area contributed by atoms with Gasteiger partial charge in [-0.3, -0.25) is 9.69 Å². The molecule has 1 fully saturated rings. The fourth-order valence-electron chi connectivity index (χ4n) is 4.33. The second-order valence-corrected chi connectivity index (χ2v) is 8.41. The minimum atomic E-state index is -0.0477. The maximum absolute atomic E-state index is 13.3. The zero-order valence-corrected chi connectivity index (χ0v) is 18.3. The Kier molecular flexibility index (Phi) is 6.44. The molecule has 0 aliphatic carbocycles. The lowest BCUT2D eigenvalue weighted by Crippen LogP contribution is -2.52. The van der Waals surface area contributed by atoms with Gasteiger partial charge in [0.15, 0.2) is 0 Å². The molecule has 0 spiro atoms. The quantitative estimate of drug-likeness (QED) is 0.808. The highest BCUT2D eigenvalue weighted by Gasteiger charge is 2.34. The fraction of sp³-hybridized carbons (Fsp3) is 0.440. The van der Waals surface area contributed by atoms with Crippen LogP contribution >= 0.6 is 0 Å². The van der Waals surface area contributed by atoms with Gasteiger partial charge in [-0.2, -0.15) is 0 Å². The van der Waals surface area contributed by atoms with Crippen LogP contribution in [0.3, 0.4) is 0 Å². The second-order valence-electron chi connectivity index (χ2n) is 8.41. The number of carbonyl (C=O) groups excluding carboxylic acids is 2. The van der Waals surface area contributed by atoms with E-state index in [2.05, 4.69) is 25.2 Å². The number of hydrogen-bond acceptors (Lipinski definition) is 3. The van der Waals surface area contributed by atoms with Gasteiger partial charge >= 0.3 is 6.03 Å². The van der Waals surface area contributed by atoms with Crippen LogP contribution in [0.1, 0.15) is 37.3 Å². The molecular weight excluding hydrogens is 390 g/mol. The zero-order chi connectivity index (χ0) is 21.8.